The van der Waals surface area contributed by atoms with Gasteiger partial charge in [0.15, 0.2) is 6.67 Å². The Morgan fingerprint density at radius 1 is 1.22 bits per heavy atom. The summed E-state index contributed by atoms with van der Waals surface area (Å²) < 4.78 is 10.5. The summed E-state index contributed by atoms with van der Waals surface area (Å²) in [4.78, 5) is 3.74. The van der Waals surface area contributed by atoms with Gasteiger partial charge in [-0.3, -0.25) is 4.90 Å². The molecule has 0 radical (unpaired) electrons. The van der Waals surface area contributed by atoms with E-state index in [2.05, 4.69) is 79.9 Å². The number of aryl methyl sites for hydroxylation is 2. The van der Waals surface area contributed by atoms with Crippen molar-refractivity contribution in [2.45, 2.75) is 58.2 Å². The maximum absolute atomic E-state index is 6.21. The fraction of sp³-hybridized carbons (Fsp3) is 0.722. The first kappa shape index (κ1) is 18.0. The van der Waals surface area contributed by atoms with Crippen LogP contribution in [-0.4, -0.2) is 40.9 Å². The lowest BCUT2D eigenvalue weighted by atomic mass is 9.99. The van der Waals surface area contributed by atoms with Gasteiger partial charge in [0.05, 0.1) is 37.5 Å². The van der Waals surface area contributed by atoms with Crippen molar-refractivity contribution in [3.05, 3.63) is 31.1 Å². The quantitative estimate of drug-likeness (QED) is 0.721. The van der Waals surface area contributed by atoms with Crippen LogP contribution in [0.5, 0.6) is 0 Å². The monoisotopic (exact) mass is 322 g/mol. The topological polar surface area (TPSA) is 25.7 Å². The second-order valence-corrected chi connectivity index (χ2v) is 8.07. The first-order valence-electron chi connectivity index (χ1n) is 8.58. The van der Waals surface area contributed by atoms with E-state index in [0.29, 0.717) is 0 Å². The second-order valence-electron chi connectivity index (χ2n) is 8.07. The van der Waals surface area contributed by atoms with Gasteiger partial charge in [0.25, 0.3) is 0 Å². The molecule has 1 aliphatic rings. The lowest BCUT2D eigenvalue weighted by Gasteiger charge is -2.32. The van der Waals surface area contributed by atoms with Crippen LogP contribution in [0.3, 0.4) is 0 Å². The van der Waals surface area contributed by atoms with Gasteiger partial charge in [-0.1, -0.05) is 0 Å². The molecule has 2 rings (SSSR count). The highest BCUT2D eigenvalue weighted by Crippen LogP contribution is 2.17. The SMILES string of the molecule is CN1C=C[NH+](C(C)(C)CCOC(C)(C)CCn2cc[n+](C)c2)C1. The highest BCUT2D eigenvalue weighted by atomic mass is 16.5. The molecule has 0 saturated carbocycles. The van der Waals surface area contributed by atoms with Crippen molar-refractivity contribution in [1.82, 2.24) is 9.47 Å². The van der Waals surface area contributed by atoms with E-state index in [0.717, 1.165) is 32.7 Å². The summed E-state index contributed by atoms with van der Waals surface area (Å²) >= 11 is 0. The van der Waals surface area contributed by atoms with Crippen molar-refractivity contribution in [3.8, 4) is 0 Å². The van der Waals surface area contributed by atoms with Gasteiger partial charge < -0.3 is 9.64 Å². The summed E-state index contributed by atoms with van der Waals surface area (Å²) in [6.07, 6.45) is 12.8. The molecule has 1 N–H and O–H groups in total. The molecular formula is C18H34N4O+2. The highest BCUT2D eigenvalue weighted by molar-refractivity contribution is 4.80. The molecule has 0 aliphatic carbocycles. The van der Waals surface area contributed by atoms with Gasteiger partial charge in [0.2, 0.25) is 6.33 Å². The molecule has 5 nitrogen and oxygen atoms in total. The van der Waals surface area contributed by atoms with Crippen molar-refractivity contribution >= 4 is 0 Å². The van der Waals surface area contributed by atoms with E-state index < -0.39 is 0 Å². The molecule has 0 fully saturated rings. The lowest BCUT2D eigenvalue weighted by Crippen LogP contribution is -3.15. The lowest BCUT2D eigenvalue weighted by molar-refractivity contribution is -0.901. The van der Waals surface area contributed by atoms with E-state index >= 15 is 0 Å². The molecule has 0 spiro atoms. The van der Waals surface area contributed by atoms with E-state index in [1.807, 2.05) is 7.05 Å². The number of hydrogen-bond acceptors (Lipinski definition) is 2. The molecular weight excluding hydrogens is 288 g/mol. The van der Waals surface area contributed by atoms with E-state index in [9.17, 15) is 0 Å². The van der Waals surface area contributed by atoms with Crippen LogP contribution in [0.4, 0.5) is 0 Å². The van der Waals surface area contributed by atoms with Gasteiger partial charge >= 0.3 is 0 Å². The Balaban J connectivity index is 1.74. The number of ether oxygens (including phenoxy) is 1. The molecule has 2 heterocycles. The largest absolute Gasteiger partial charge is 0.375 e. The van der Waals surface area contributed by atoms with E-state index in [4.69, 9.17) is 4.74 Å². The third-order valence-electron chi connectivity index (χ3n) is 4.83. The third kappa shape index (κ3) is 5.36. The van der Waals surface area contributed by atoms with Gasteiger partial charge in [0, 0.05) is 19.9 Å². The molecule has 1 aromatic rings. The standard InChI is InChI=1S/C18H33N4O/c1-17(2,22-13-11-20(6)16-22)8-14-23-18(3,4)7-9-21-12-10-19(5)15-21/h10-13,15H,7-9,14,16H2,1-6H3/q+1/p+1. The zero-order chi connectivity index (χ0) is 17.1. The number of rotatable bonds is 8. The first-order valence-corrected chi connectivity index (χ1v) is 8.58. The predicted octanol–water partition coefficient (Wildman–Crippen LogP) is 0.926. The van der Waals surface area contributed by atoms with Crippen molar-refractivity contribution in [2.75, 3.05) is 20.3 Å². The van der Waals surface area contributed by atoms with E-state index in [-0.39, 0.29) is 11.1 Å². The van der Waals surface area contributed by atoms with Gasteiger partial charge in [0.1, 0.15) is 18.6 Å². The molecule has 0 saturated heterocycles. The Hall–Kier alpha value is -1.33. The van der Waals surface area contributed by atoms with Gasteiger partial charge in [-0.2, -0.15) is 0 Å². The number of quaternary nitrogens is 1. The minimum Gasteiger partial charge on any atom is -0.375 e. The van der Waals surface area contributed by atoms with Crippen molar-refractivity contribution in [2.24, 2.45) is 7.05 Å². The molecule has 23 heavy (non-hydrogen) atoms. The maximum atomic E-state index is 6.21. The summed E-state index contributed by atoms with van der Waals surface area (Å²) in [5.74, 6) is 0. The number of aromatic nitrogens is 2. The molecule has 130 valence electrons. The van der Waals surface area contributed by atoms with Gasteiger partial charge in [-0.05, 0) is 27.7 Å². The maximum Gasteiger partial charge on any atom is 0.243 e. The molecule has 0 amide bonds. The Bertz CT molecular complexity index is 533. The summed E-state index contributed by atoms with van der Waals surface area (Å²) in [6.45, 7) is 11.9. The van der Waals surface area contributed by atoms with Crippen LogP contribution in [0.25, 0.3) is 0 Å². The summed E-state index contributed by atoms with van der Waals surface area (Å²) in [7, 11) is 4.17. The van der Waals surface area contributed by atoms with Crippen LogP contribution in [0.15, 0.2) is 31.1 Å². The molecule has 1 aliphatic heterocycles. The molecule has 5 heteroatoms. The van der Waals surface area contributed by atoms with Crippen LogP contribution in [0.1, 0.15) is 40.5 Å². The molecule has 1 unspecified atom stereocenters. The first-order chi connectivity index (χ1) is 10.7. The molecule has 0 bridgehead atoms. The Morgan fingerprint density at radius 3 is 2.52 bits per heavy atom. The van der Waals surface area contributed by atoms with Crippen molar-refractivity contribution in [3.63, 3.8) is 0 Å². The minimum atomic E-state index is -0.0914. The Labute approximate surface area is 141 Å². The zero-order valence-electron chi connectivity index (χ0n) is 15.7. The van der Waals surface area contributed by atoms with Crippen LogP contribution in [-0.2, 0) is 18.3 Å². The fourth-order valence-corrected chi connectivity index (χ4v) is 2.88. The van der Waals surface area contributed by atoms with Gasteiger partial charge in [-0.25, -0.2) is 9.13 Å². The summed E-state index contributed by atoms with van der Waals surface area (Å²) in [5, 5.41) is 0. The third-order valence-corrected chi connectivity index (χ3v) is 4.83. The van der Waals surface area contributed by atoms with Crippen LogP contribution < -0.4 is 9.47 Å². The Kier molecular flexibility index (Phi) is 5.53. The average molecular weight is 322 g/mol. The number of nitrogens with one attached hydrogen (secondary N) is 1. The van der Waals surface area contributed by atoms with Crippen LogP contribution in [0, 0.1) is 0 Å². The zero-order valence-corrected chi connectivity index (χ0v) is 15.7. The summed E-state index contributed by atoms with van der Waals surface area (Å²) in [6, 6.07) is 0. The van der Waals surface area contributed by atoms with E-state index in [1.165, 1.54) is 4.90 Å². The molecule has 0 aromatic carbocycles. The molecule has 1 aromatic heterocycles. The van der Waals surface area contributed by atoms with Crippen LogP contribution in [0.2, 0.25) is 0 Å². The summed E-state index contributed by atoms with van der Waals surface area (Å²) in [5.41, 5.74) is 0.109. The fourth-order valence-electron chi connectivity index (χ4n) is 2.88. The minimum absolute atomic E-state index is 0.0914. The highest BCUT2D eigenvalue weighted by Gasteiger charge is 2.33. The predicted molar refractivity (Wildman–Crippen MR) is 91.7 cm³/mol. The normalized spacial score (nSPS) is 18.9. The van der Waals surface area contributed by atoms with E-state index in [1.54, 1.807) is 0 Å². The Morgan fingerprint density at radius 2 is 1.96 bits per heavy atom. The average Bonchev–Trinajstić information content (AvgIpc) is 3.05. The van der Waals surface area contributed by atoms with Crippen LogP contribution >= 0.6 is 0 Å². The smallest absolute Gasteiger partial charge is 0.243 e. The number of nitrogens with zero attached hydrogens (tertiary/aromatic N) is 3. The van der Waals surface area contributed by atoms with Crippen molar-refractivity contribution < 1.29 is 14.2 Å². The second kappa shape index (κ2) is 7.05. The molecule has 1 atom stereocenters. The number of hydrogen-bond donors (Lipinski definition) is 1. The number of imidazole rings is 1. The van der Waals surface area contributed by atoms with Gasteiger partial charge in [-0.15, -0.1) is 0 Å². The van der Waals surface area contributed by atoms with Crippen molar-refractivity contribution in [1.29, 1.82) is 0 Å².